The molecule has 0 atom stereocenters. The fraction of sp³-hybridized carbons (Fsp3) is 0.211. The lowest BCUT2D eigenvalue weighted by Crippen LogP contribution is -2.11. The van der Waals surface area contributed by atoms with Gasteiger partial charge in [0.2, 0.25) is 5.13 Å². The van der Waals surface area contributed by atoms with Gasteiger partial charge < -0.3 is 9.47 Å². The number of thioether (sulfide) groups is 1. The Morgan fingerprint density at radius 3 is 2.52 bits per heavy atom. The van der Waals surface area contributed by atoms with Crippen LogP contribution in [0.1, 0.15) is 21.5 Å². The van der Waals surface area contributed by atoms with Gasteiger partial charge in [0.1, 0.15) is 0 Å². The maximum Gasteiger partial charge on any atom is 0.257 e. The summed E-state index contributed by atoms with van der Waals surface area (Å²) in [4.78, 5) is 12.4. The van der Waals surface area contributed by atoms with Gasteiger partial charge in [0, 0.05) is 11.3 Å². The van der Waals surface area contributed by atoms with Crippen molar-refractivity contribution >= 4 is 34.1 Å². The number of aromatic nitrogens is 2. The lowest BCUT2D eigenvalue weighted by molar-refractivity contribution is 0.102. The Morgan fingerprint density at radius 2 is 1.81 bits per heavy atom. The first-order valence-electron chi connectivity index (χ1n) is 8.14. The number of rotatable bonds is 7. The van der Waals surface area contributed by atoms with Crippen molar-refractivity contribution in [2.24, 2.45) is 0 Å². The molecule has 0 fully saturated rings. The van der Waals surface area contributed by atoms with Crippen molar-refractivity contribution in [3.8, 4) is 11.5 Å². The predicted molar refractivity (Wildman–Crippen MR) is 108 cm³/mol. The fourth-order valence-electron chi connectivity index (χ4n) is 2.29. The molecule has 0 saturated heterocycles. The van der Waals surface area contributed by atoms with E-state index < -0.39 is 0 Å². The third kappa shape index (κ3) is 4.99. The number of amides is 1. The summed E-state index contributed by atoms with van der Waals surface area (Å²) < 4.78 is 11.2. The number of ether oxygens (including phenoxy) is 2. The van der Waals surface area contributed by atoms with Gasteiger partial charge in [-0.3, -0.25) is 10.1 Å². The molecule has 0 aliphatic rings. The average Bonchev–Trinajstić information content (AvgIpc) is 3.14. The van der Waals surface area contributed by atoms with E-state index in [-0.39, 0.29) is 5.91 Å². The summed E-state index contributed by atoms with van der Waals surface area (Å²) in [6.45, 7) is 2.06. The Hall–Kier alpha value is -2.58. The number of anilines is 1. The standard InChI is InChI=1S/C19H19N3O3S2/c1-12-4-6-13(7-5-12)11-26-19-22-21-18(27-19)20-17(23)14-8-9-15(24-2)16(10-14)25-3/h4-10H,11H2,1-3H3,(H,20,21,23). The second kappa shape index (κ2) is 8.88. The van der Waals surface area contributed by atoms with Crippen LogP contribution in [-0.2, 0) is 5.75 Å². The number of nitrogens with one attached hydrogen (secondary N) is 1. The van der Waals surface area contributed by atoms with Gasteiger partial charge >= 0.3 is 0 Å². The van der Waals surface area contributed by atoms with Crippen molar-refractivity contribution in [1.82, 2.24) is 10.2 Å². The van der Waals surface area contributed by atoms with Crippen molar-refractivity contribution in [3.63, 3.8) is 0 Å². The van der Waals surface area contributed by atoms with Crippen LogP contribution >= 0.6 is 23.1 Å². The van der Waals surface area contributed by atoms with Crippen LogP contribution in [0.15, 0.2) is 46.8 Å². The summed E-state index contributed by atoms with van der Waals surface area (Å²) in [7, 11) is 3.08. The van der Waals surface area contributed by atoms with Crippen LogP contribution in [0, 0.1) is 6.92 Å². The lowest BCUT2D eigenvalue weighted by atomic mass is 10.2. The Bertz CT molecular complexity index is 926. The van der Waals surface area contributed by atoms with Crippen LogP contribution in [0.2, 0.25) is 0 Å². The first-order chi connectivity index (χ1) is 13.1. The van der Waals surface area contributed by atoms with E-state index in [1.165, 1.54) is 29.6 Å². The minimum absolute atomic E-state index is 0.276. The first-order valence-corrected chi connectivity index (χ1v) is 9.94. The number of nitrogens with zero attached hydrogens (tertiary/aromatic N) is 2. The maximum absolute atomic E-state index is 12.4. The van der Waals surface area contributed by atoms with Crippen molar-refractivity contribution in [3.05, 3.63) is 59.2 Å². The van der Waals surface area contributed by atoms with E-state index in [4.69, 9.17) is 9.47 Å². The van der Waals surface area contributed by atoms with Gasteiger partial charge in [-0.15, -0.1) is 10.2 Å². The molecular formula is C19H19N3O3S2. The second-order valence-corrected chi connectivity index (χ2v) is 7.87. The monoisotopic (exact) mass is 401 g/mol. The first kappa shape index (κ1) is 19.2. The highest BCUT2D eigenvalue weighted by Crippen LogP contribution is 2.30. The minimum atomic E-state index is -0.276. The van der Waals surface area contributed by atoms with Gasteiger partial charge in [-0.25, -0.2) is 0 Å². The van der Waals surface area contributed by atoms with Gasteiger partial charge in [-0.05, 0) is 30.7 Å². The molecule has 1 amide bonds. The van der Waals surface area contributed by atoms with Crippen molar-refractivity contribution < 1.29 is 14.3 Å². The van der Waals surface area contributed by atoms with E-state index in [0.29, 0.717) is 22.2 Å². The highest BCUT2D eigenvalue weighted by atomic mass is 32.2. The molecule has 0 unspecified atom stereocenters. The van der Waals surface area contributed by atoms with E-state index in [0.717, 1.165) is 10.1 Å². The summed E-state index contributed by atoms with van der Waals surface area (Å²) in [6, 6.07) is 13.4. The Morgan fingerprint density at radius 1 is 1.07 bits per heavy atom. The number of hydrogen-bond donors (Lipinski definition) is 1. The summed E-state index contributed by atoms with van der Waals surface area (Å²) in [5.41, 5.74) is 2.91. The summed E-state index contributed by atoms with van der Waals surface area (Å²) in [5, 5.41) is 11.4. The molecule has 3 rings (SSSR count). The smallest absolute Gasteiger partial charge is 0.257 e. The number of hydrogen-bond acceptors (Lipinski definition) is 7. The molecule has 3 aromatic rings. The van der Waals surface area contributed by atoms with Gasteiger partial charge in [-0.2, -0.15) is 0 Å². The van der Waals surface area contributed by atoms with Gasteiger partial charge in [0.15, 0.2) is 15.8 Å². The average molecular weight is 402 g/mol. The summed E-state index contributed by atoms with van der Waals surface area (Å²) in [6.07, 6.45) is 0. The van der Waals surface area contributed by atoms with Crippen LogP contribution < -0.4 is 14.8 Å². The Labute approximate surface area is 165 Å². The molecule has 1 N–H and O–H groups in total. The zero-order valence-electron chi connectivity index (χ0n) is 15.2. The van der Waals surface area contributed by atoms with Gasteiger partial charge in [0.25, 0.3) is 5.91 Å². The number of aryl methyl sites for hydroxylation is 1. The Balaban J connectivity index is 1.61. The lowest BCUT2D eigenvalue weighted by Gasteiger charge is -2.08. The van der Waals surface area contributed by atoms with Crippen molar-refractivity contribution in [2.45, 2.75) is 17.0 Å². The summed E-state index contributed by atoms with van der Waals surface area (Å²) >= 11 is 2.94. The molecule has 8 heteroatoms. The van der Waals surface area contributed by atoms with Crippen molar-refractivity contribution in [1.29, 1.82) is 0 Å². The number of carbonyl (C=O) groups is 1. The van der Waals surface area contributed by atoms with Crippen molar-refractivity contribution in [2.75, 3.05) is 19.5 Å². The molecular weight excluding hydrogens is 382 g/mol. The van der Waals surface area contributed by atoms with E-state index >= 15 is 0 Å². The normalized spacial score (nSPS) is 10.5. The van der Waals surface area contributed by atoms with Crippen LogP contribution in [0.4, 0.5) is 5.13 Å². The van der Waals surface area contributed by atoms with Crippen LogP contribution in [0.3, 0.4) is 0 Å². The summed E-state index contributed by atoms with van der Waals surface area (Å²) in [5.74, 6) is 1.59. The molecule has 1 aromatic heterocycles. The predicted octanol–water partition coefficient (Wildman–Crippen LogP) is 4.41. The maximum atomic E-state index is 12.4. The van der Waals surface area contributed by atoms with E-state index in [9.17, 15) is 4.79 Å². The largest absolute Gasteiger partial charge is 0.493 e. The SMILES string of the molecule is COc1ccc(C(=O)Nc2nnc(SCc3ccc(C)cc3)s2)cc1OC. The third-order valence-electron chi connectivity index (χ3n) is 3.76. The number of benzene rings is 2. The molecule has 0 aliphatic heterocycles. The molecule has 0 aliphatic carbocycles. The molecule has 0 bridgehead atoms. The molecule has 1 heterocycles. The molecule has 27 heavy (non-hydrogen) atoms. The van der Waals surface area contributed by atoms with Crippen LogP contribution in [0.25, 0.3) is 0 Å². The molecule has 0 radical (unpaired) electrons. The topological polar surface area (TPSA) is 73.3 Å². The molecule has 0 saturated carbocycles. The molecule has 6 nitrogen and oxygen atoms in total. The van der Waals surface area contributed by atoms with Gasteiger partial charge in [0.05, 0.1) is 14.2 Å². The molecule has 140 valence electrons. The van der Waals surface area contributed by atoms with E-state index in [1.54, 1.807) is 37.1 Å². The highest BCUT2D eigenvalue weighted by Gasteiger charge is 2.13. The zero-order valence-corrected chi connectivity index (χ0v) is 16.8. The fourth-order valence-corrected chi connectivity index (χ4v) is 4.00. The van der Waals surface area contributed by atoms with Gasteiger partial charge in [-0.1, -0.05) is 52.9 Å². The highest BCUT2D eigenvalue weighted by molar-refractivity contribution is 8.00. The minimum Gasteiger partial charge on any atom is -0.493 e. The number of methoxy groups -OCH3 is 2. The van der Waals surface area contributed by atoms with E-state index in [2.05, 4.69) is 46.7 Å². The second-order valence-electron chi connectivity index (χ2n) is 5.67. The zero-order chi connectivity index (χ0) is 19.2. The van der Waals surface area contributed by atoms with E-state index in [1.807, 2.05) is 0 Å². The van der Waals surface area contributed by atoms with Crippen LogP contribution in [0.5, 0.6) is 11.5 Å². The Kier molecular flexibility index (Phi) is 6.31. The van der Waals surface area contributed by atoms with Crippen LogP contribution in [-0.4, -0.2) is 30.3 Å². The third-order valence-corrected chi connectivity index (χ3v) is 5.80. The molecule has 0 spiro atoms. The molecule has 2 aromatic carbocycles. The quantitative estimate of drug-likeness (QED) is 0.467. The number of carbonyl (C=O) groups excluding carboxylic acids is 1.